The average Bonchev–Trinajstić information content (AvgIpc) is 3.62. The van der Waals surface area contributed by atoms with E-state index in [1.807, 2.05) is 6.92 Å². The Hall–Kier alpha value is -2.66. The third-order valence-electron chi connectivity index (χ3n) is 7.09. The summed E-state index contributed by atoms with van der Waals surface area (Å²) < 4.78 is 52.7. The van der Waals surface area contributed by atoms with E-state index in [9.17, 15) is 44.1 Å². The van der Waals surface area contributed by atoms with Crippen LogP contribution in [0.5, 0.6) is 0 Å². The van der Waals surface area contributed by atoms with Gasteiger partial charge >= 0.3 is 15.6 Å². The highest BCUT2D eigenvalue weighted by atomic mass is 32.2. The van der Waals surface area contributed by atoms with Crippen molar-refractivity contribution in [1.29, 1.82) is 0 Å². The number of phosphoric ester groups is 2. The number of aromatic nitrogens is 5. The number of pyridine rings is 1. The number of nitrogen functional groups attached to an aromatic ring is 1. The second-order valence-electron chi connectivity index (χ2n) is 10.2. The number of aliphatic hydroxyl groups excluding tert-OH is 4. The Morgan fingerprint density at radius 1 is 1.04 bits per heavy atom. The molecule has 258 valence electrons. The van der Waals surface area contributed by atoms with E-state index in [1.54, 1.807) is 0 Å². The summed E-state index contributed by atoms with van der Waals surface area (Å²) in [6, 6.07) is 2.84. The van der Waals surface area contributed by atoms with Crippen LogP contribution in [0.25, 0.3) is 11.2 Å². The molecule has 2 saturated heterocycles. The van der Waals surface area contributed by atoms with Gasteiger partial charge in [-0.3, -0.25) is 18.4 Å². The zero-order valence-electron chi connectivity index (χ0n) is 24.3. The number of anilines is 1. The van der Waals surface area contributed by atoms with Crippen LogP contribution in [0.2, 0.25) is 0 Å². The molecule has 3 aromatic heterocycles. The Balaban J connectivity index is 1.19. The van der Waals surface area contributed by atoms with Crippen molar-refractivity contribution in [2.24, 2.45) is 5.73 Å². The number of rotatable bonds is 13. The van der Waals surface area contributed by atoms with Crippen LogP contribution in [0.3, 0.4) is 0 Å². The molecule has 2 aliphatic heterocycles. The highest BCUT2D eigenvalue weighted by molar-refractivity contribution is 7.99. The molecule has 0 saturated carbocycles. The molecule has 0 aromatic carbocycles. The number of phosphoric acid groups is 2. The van der Waals surface area contributed by atoms with Gasteiger partial charge in [-0.25, -0.2) is 24.1 Å². The Morgan fingerprint density at radius 2 is 1.68 bits per heavy atom. The number of fused-ring (bicyclic) bond motifs is 1. The minimum absolute atomic E-state index is 0.0625. The third-order valence-corrected chi connectivity index (χ3v) is 10.5. The van der Waals surface area contributed by atoms with Gasteiger partial charge in [-0.1, -0.05) is 18.7 Å². The van der Waals surface area contributed by atoms with Gasteiger partial charge in [0.25, 0.3) is 12.1 Å². The number of carbonyl (C=O) groups is 1. The Labute approximate surface area is 269 Å². The van der Waals surface area contributed by atoms with Gasteiger partial charge in [-0.15, -0.1) is 0 Å². The summed E-state index contributed by atoms with van der Waals surface area (Å²) in [4.78, 5) is 44.1. The third kappa shape index (κ3) is 7.66. The van der Waals surface area contributed by atoms with Gasteiger partial charge in [-0.2, -0.15) is 8.88 Å². The summed E-state index contributed by atoms with van der Waals surface area (Å²) in [6.07, 6.45) is -8.12. The fourth-order valence-corrected chi connectivity index (χ4v) is 7.70. The van der Waals surface area contributed by atoms with E-state index in [-0.39, 0.29) is 22.5 Å². The van der Waals surface area contributed by atoms with Crippen molar-refractivity contribution >= 4 is 50.3 Å². The lowest BCUT2D eigenvalue weighted by Gasteiger charge is -2.20. The highest BCUT2D eigenvalue weighted by Crippen LogP contribution is 2.60. The first-order valence-corrected chi connectivity index (χ1v) is 17.7. The van der Waals surface area contributed by atoms with Crippen LogP contribution in [-0.4, -0.2) is 111 Å². The maximum atomic E-state index is 12.6. The number of nitrogens with two attached hydrogens (primary N) is 2. The highest BCUT2D eigenvalue weighted by Gasteiger charge is 2.50. The van der Waals surface area contributed by atoms with E-state index in [1.165, 1.54) is 51.7 Å². The van der Waals surface area contributed by atoms with Crippen LogP contribution in [-0.2, 0) is 32.0 Å². The van der Waals surface area contributed by atoms with E-state index in [0.29, 0.717) is 10.9 Å². The van der Waals surface area contributed by atoms with Gasteiger partial charge in [0.15, 0.2) is 46.9 Å². The molecule has 0 bridgehead atoms. The Morgan fingerprint density at radius 3 is 2.32 bits per heavy atom. The van der Waals surface area contributed by atoms with Gasteiger partial charge in [0.1, 0.15) is 42.4 Å². The second kappa shape index (κ2) is 14.1. The number of primary amides is 1. The summed E-state index contributed by atoms with van der Waals surface area (Å²) >= 11 is 1.26. The Bertz CT molecular complexity index is 1720. The molecular formula is C23H32N7O14P2S+. The van der Waals surface area contributed by atoms with Crippen molar-refractivity contribution < 1.29 is 71.5 Å². The van der Waals surface area contributed by atoms with Crippen molar-refractivity contribution in [2.75, 3.05) is 24.7 Å². The topological polar surface area (TPSA) is 318 Å². The monoisotopic (exact) mass is 724 g/mol. The molecule has 5 rings (SSSR count). The van der Waals surface area contributed by atoms with Crippen LogP contribution in [0.4, 0.5) is 5.82 Å². The molecule has 2 aliphatic rings. The minimum atomic E-state index is -5.39. The SMILES string of the molecule is CCSc1nc2c(N)ncnc2n1C1OC(COP(=O)(O)OP(=O)(O)OCC2OC([n+]3cccc(C(N)=O)c3)C(O)C2O)C(O)C1O. The molecular weight excluding hydrogens is 692 g/mol. The number of aliphatic hydroxyl groups is 4. The first-order valence-electron chi connectivity index (χ1n) is 13.7. The van der Waals surface area contributed by atoms with Crippen molar-refractivity contribution in [2.45, 2.75) is 61.2 Å². The minimum Gasteiger partial charge on any atom is -0.387 e. The van der Waals surface area contributed by atoms with Crippen molar-refractivity contribution in [1.82, 2.24) is 19.5 Å². The molecule has 10 N–H and O–H groups in total. The largest absolute Gasteiger partial charge is 0.481 e. The number of thioether (sulfide) groups is 1. The zero-order valence-corrected chi connectivity index (χ0v) is 26.9. The fourth-order valence-electron chi connectivity index (χ4n) is 4.87. The van der Waals surface area contributed by atoms with Crippen LogP contribution in [0, 0.1) is 0 Å². The lowest BCUT2D eigenvalue weighted by atomic mass is 10.1. The number of amides is 1. The molecule has 0 aliphatic carbocycles. The van der Waals surface area contributed by atoms with Gasteiger partial charge in [0, 0.05) is 6.07 Å². The van der Waals surface area contributed by atoms with Gasteiger partial charge in [-0.05, 0) is 11.8 Å². The summed E-state index contributed by atoms with van der Waals surface area (Å²) in [5, 5.41) is 42.5. The maximum absolute atomic E-state index is 12.6. The second-order valence-corrected chi connectivity index (χ2v) is 14.5. The molecule has 24 heteroatoms. The number of imidazole rings is 1. The number of hydrogen-bond donors (Lipinski definition) is 8. The van der Waals surface area contributed by atoms with Gasteiger partial charge < -0.3 is 51.2 Å². The van der Waals surface area contributed by atoms with Crippen LogP contribution >= 0.6 is 27.4 Å². The zero-order chi connectivity index (χ0) is 34.3. The Kier molecular flexibility index (Phi) is 10.7. The van der Waals surface area contributed by atoms with E-state index in [0.717, 1.165) is 0 Å². The van der Waals surface area contributed by atoms with Crippen LogP contribution in [0.15, 0.2) is 36.0 Å². The summed E-state index contributed by atoms with van der Waals surface area (Å²) in [6.45, 7) is 0.0441. The lowest BCUT2D eigenvalue weighted by molar-refractivity contribution is -0.765. The maximum Gasteiger partial charge on any atom is 0.481 e. The van der Waals surface area contributed by atoms with E-state index in [2.05, 4.69) is 19.3 Å². The van der Waals surface area contributed by atoms with E-state index in [4.69, 9.17) is 30.0 Å². The van der Waals surface area contributed by atoms with Crippen molar-refractivity contribution in [3.63, 3.8) is 0 Å². The number of hydrogen-bond acceptors (Lipinski definition) is 17. The van der Waals surface area contributed by atoms with Crippen molar-refractivity contribution in [3.05, 3.63) is 36.4 Å². The predicted molar refractivity (Wildman–Crippen MR) is 156 cm³/mol. The molecule has 3 aromatic rings. The average molecular weight is 725 g/mol. The van der Waals surface area contributed by atoms with Crippen LogP contribution in [0.1, 0.15) is 29.7 Å². The quantitative estimate of drug-likeness (QED) is 0.0542. The first kappa shape index (κ1) is 35.6. The molecule has 10 unspecified atom stereocenters. The normalized spacial score (nSPS) is 30.4. The molecule has 0 spiro atoms. The molecule has 10 atom stereocenters. The van der Waals surface area contributed by atoms with Crippen LogP contribution < -0.4 is 16.0 Å². The van der Waals surface area contributed by atoms with E-state index >= 15 is 0 Å². The van der Waals surface area contributed by atoms with Crippen molar-refractivity contribution in [3.8, 4) is 0 Å². The summed E-state index contributed by atoms with van der Waals surface area (Å²) in [5.41, 5.74) is 11.6. The summed E-state index contributed by atoms with van der Waals surface area (Å²) in [5.74, 6) is -0.147. The molecule has 0 radical (unpaired) electrons. The first-order chi connectivity index (χ1) is 22.1. The standard InChI is InChI=1S/C23H31N7O14P2S/c1-2-47-23-28-13-18(24)26-9-27-20(13)30(23)22-17(34)15(32)12(43-22)8-41-46(38,39)44-45(36,37)40-7-11-14(31)16(33)21(42-11)29-5-3-4-10(6-29)19(25)35/h3-6,9,11-12,14-17,21-22,31-34H,2,7-8H2,1H3,(H5-,24,25,26,27,35,36,37,38,39)/p+1. The molecule has 21 nitrogen and oxygen atoms in total. The number of ether oxygens (including phenoxy) is 2. The smallest absolute Gasteiger partial charge is 0.387 e. The predicted octanol–water partition coefficient (Wildman–Crippen LogP) is -1.90. The fraction of sp³-hybridized carbons (Fsp3) is 0.522. The number of carbonyl (C=O) groups excluding carboxylic acids is 1. The summed E-state index contributed by atoms with van der Waals surface area (Å²) in [7, 11) is -10.8. The lowest BCUT2D eigenvalue weighted by Crippen LogP contribution is -2.46. The molecule has 1 amide bonds. The molecule has 5 heterocycles. The van der Waals surface area contributed by atoms with Gasteiger partial charge in [0.05, 0.1) is 13.2 Å². The van der Waals surface area contributed by atoms with E-state index < -0.39 is 83.8 Å². The van der Waals surface area contributed by atoms with Gasteiger partial charge in [0.2, 0.25) is 0 Å². The molecule has 2 fully saturated rings. The number of nitrogens with zero attached hydrogens (tertiary/aromatic N) is 5. The molecule has 47 heavy (non-hydrogen) atoms.